The molecule has 0 aliphatic heterocycles. The number of benzene rings is 1. The van der Waals surface area contributed by atoms with Gasteiger partial charge in [0.05, 0.1) is 9.73 Å². The Morgan fingerprint density at radius 1 is 1.55 bits per heavy atom. The van der Waals surface area contributed by atoms with Crippen LogP contribution in [-0.4, -0.2) is 10.5 Å². The summed E-state index contributed by atoms with van der Waals surface area (Å²) >= 11 is 0. The van der Waals surface area contributed by atoms with Gasteiger partial charge in [-0.3, -0.25) is 0 Å². The van der Waals surface area contributed by atoms with Gasteiger partial charge in [0.2, 0.25) is 0 Å². The molecule has 1 atom stereocenters. The zero-order valence-electron chi connectivity index (χ0n) is 6.00. The molecule has 0 bridgehead atoms. The predicted molar refractivity (Wildman–Crippen MR) is 41.5 cm³/mol. The topological polar surface area (TPSA) is 40.9 Å². The maximum absolute atomic E-state index is 12.5. The molecule has 1 aromatic carbocycles. The summed E-state index contributed by atoms with van der Waals surface area (Å²) in [5.74, 6) is -0.454. The van der Waals surface area contributed by atoms with Crippen LogP contribution in [0.3, 0.4) is 0 Å². The fourth-order valence-electron chi connectivity index (χ4n) is 0.709. The molecule has 2 nitrogen and oxygen atoms in total. The van der Waals surface area contributed by atoms with Crippen molar-refractivity contribution in [1.82, 2.24) is 0 Å². The lowest BCUT2D eigenvalue weighted by Crippen LogP contribution is -1.94. The van der Waals surface area contributed by atoms with Gasteiger partial charge in [-0.2, -0.15) is 0 Å². The van der Waals surface area contributed by atoms with Crippen molar-refractivity contribution in [1.29, 1.82) is 4.78 Å². The molecule has 1 N–H and O–H groups in total. The molecule has 1 aromatic rings. The van der Waals surface area contributed by atoms with Crippen LogP contribution in [0.15, 0.2) is 29.2 Å². The molecule has 0 aromatic heterocycles. The first-order chi connectivity index (χ1) is 5.00. The second-order valence-electron chi connectivity index (χ2n) is 2.30. The molecule has 0 radical (unpaired) electrons. The minimum atomic E-state index is -2.77. The van der Waals surface area contributed by atoms with E-state index in [1.54, 1.807) is 0 Å². The Bertz CT molecular complexity index is 358. The SMILES string of the molecule is C[S@](=N)(=O)c1cccc(F)c1. The van der Waals surface area contributed by atoms with Crippen LogP contribution in [0.2, 0.25) is 0 Å². The Morgan fingerprint density at radius 3 is 2.55 bits per heavy atom. The lowest BCUT2D eigenvalue weighted by molar-refractivity contribution is 0.622. The smallest absolute Gasteiger partial charge is 0.124 e. The van der Waals surface area contributed by atoms with Gasteiger partial charge >= 0.3 is 0 Å². The van der Waals surface area contributed by atoms with Crippen LogP contribution in [0.5, 0.6) is 0 Å². The maximum atomic E-state index is 12.5. The van der Waals surface area contributed by atoms with Crippen molar-refractivity contribution in [3.8, 4) is 0 Å². The third-order valence-corrected chi connectivity index (χ3v) is 2.40. The van der Waals surface area contributed by atoms with Crippen molar-refractivity contribution in [2.75, 3.05) is 6.26 Å². The largest absolute Gasteiger partial charge is 0.249 e. The van der Waals surface area contributed by atoms with Gasteiger partial charge in [-0.05, 0) is 18.2 Å². The van der Waals surface area contributed by atoms with Crippen molar-refractivity contribution < 1.29 is 8.60 Å². The second-order valence-corrected chi connectivity index (χ2v) is 4.46. The number of hydrogen-bond donors (Lipinski definition) is 1. The third-order valence-electron chi connectivity index (χ3n) is 1.25. The molecule has 0 saturated heterocycles. The number of nitrogens with one attached hydrogen (secondary N) is 1. The van der Waals surface area contributed by atoms with E-state index < -0.39 is 15.5 Å². The first-order valence-corrected chi connectivity index (χ1v) is 4.96. The standard InChI is InChI=1S/C7H8FNOS/c1-11(9,10)7-4-2-3-6(8)5-7/h2-5,9H,1H3/t11-/m0/s1. The van der Waals surface area contributed by atoms with Crippen molar-refractivity contribution in [3.05, 3.63) is 30.1 Å². The van der Waals surface area contributed by atoms with Gasteiger partial charge in [0.1, 0.15) is 5.82 Å². The molecule has 0 saturated carbocycles. The molecule has 0 spiro atoms. The molecule has 0 amide bonds. The molecule has 0 unspecified atom stereocenters. The summed E-state index contributed by atoms with van der Waals surface area (Å²) in [6, 6.07) is 5.31. The van der Waals surface area contributed by atoms with E-state index in [4.69, 9.17) is 4.78 Å². The minimum Gasteiger partial charge on any atom is -0.249 e. The van der Waals surface area contributed by atoms with E-state index in [-0.39, 0.29) is 4.90 Å². The molecule has 0 aliphatic carbocycles. The van der Waals surface area contributed by atoms with Crippen molar-refractivity contribution in [2.24, 2.45) is 0 Å². The number of halogens is 1. The van der Waals surface area contributed by atoms with E-state index >= 15 is 0 Å². The van der Waals surface area contributed by atoms with Crippen LogP contribution >= 0.6 is 0 Å². The quantitative estimate of drug-likeness (QED) is 0.691. The van der Waals surface area contributed by atoms with Crippen molar-refractivity contribution >= 4 is 9.73 Å². The fourth-order valence-corrected chi connectivity index (χ4v) is 1.39. The molecule has 0 fully saturated rings. The van der Waals surface area contributed by atoms with E-state index in [0.717, 1.165) is 6.07 Å². The Morgan fingerprint density at radius 2 is 2.18 bits per heavy atom. The molecule has 4 heteroatoms. The Balaban J connectivity index is 3.28. The first-order valence-electron chi connectivity index (χ1n) is 2.99. The third kappa shape index (κ3) is 2.01. The minimum absolute atomic E-state index is 0.234. The second kappa shape index (κ2) is 2.62. The van der Waals surface area contributed by atoms with Gasteiger partial charge in [0.15, 0.2) is 0 Å². The van der Waals surface area contributed by atoms with E-state index in [1.165, 1.54) is 24.5 Å². The van der Waals surface area contributed by atoms with Crippen molar-refractivity contribution in [3.63, 3.8) is 0 Å². The Labute approximate surface area is 65.0 Å². The average Bonchev–Trinajstić information content (AvgIpc) is 1.86. The highest BCUT2D eigenvalue weighted by molar-refractivity contribution is 7.91. The van der Waals surface area contributed by atoms with Crippen LogP contribution in [0.4, 0.5) is 4.39 Å². The lowest BCUT2D eigenvalue weighted by Gasteiger charge is -1.98. The highest BCUT2D eigenvalue weighted by Crippen LogP contribution is 2.09. The predicted octanol–water partition coefficient (Wildman–Crippen LogP) is 1.86. The van der Waals surface area contributed by atoms with Gasteiger partial charge in [-0.25, -0.2) is 13.4 Å². The summed E-state index contributed by atoms with van der Waals surface area (Å²) in [5, 5.41) is 0. The van der Waals surface area contributed by atoms with Crippen LogP contribution in [0, 0.1) is 10.6 Å². The molecular weight excluding hydrogens is 165 g/mol. The van der Waals surface area contributed by atoms with E-state index in [9.17, 15) is 8.60 Å². The van der Waals surface area contributed by atoms with Gasteiger partial charge in [-0.15, -0.1) is 0 Å². The normalized spacial score (nSPS) is 15.8. The summed E-state index contributed by atoms with van der Waals surface area (Å²) in [5.41, 5.74) is 0. The summed E-state index contributed by atoms with van der Waals surface area (Å²) in [6.45, 7) is 0. The molecular formula is C7H8FNOS. The summed E-state index contributed by atoms with van der Waals surface area (Å²) in [4.78, 5) is 0.234. The zero-order valence-corrected chi connectivity index (χ0v) is 6.82. The maximum Gasteiger partial charge on any atom is 0.124 e. The highest BCUT2D eigenvalue weighted by Gasteiger charge is 2.02. The van der Waals surface area contributed by atoms with Gasteiger partial charge < -0.3 is 0 Å². The Hall–Kier alpha value is -0.900. The summed E-state index contributed by atoms with van der Waals surface area (Å²) in [6.07, 6.45) is 1.27. The first kappa shape index (κ1) is 8.20. The average molecular weight is 173 g/mol. The van der Waals surface area contributed by atoms with E-state index in [0.29, 0.717) is 0 Å². The van der Waals surface area contributed by atoms with Crippen LogP contribution in [0.25, 0.3) is 0 Å². The zero-order chi connectivity index (χ0) is 8.48. The molecule has 1 rings (SSSR count). The molecule has 60 valence electrons. The van der Waals surface area contributed by atoms with E-state index in [2.05, 4.69) is 0 Å². The molecule has 0 aliphatic rings. The van der Waals surface area contributed by atoms with Crippen LogP contribution in [0.1, 0.15) is 0 Å². The summed E-state index contributed by atoms with van der Waals surface area (Å²) in [7, 11) is -2.77. The summed E-state index contributed by atoms with van der Waals surface area (Å²) < 4.78 is 30.7. The van der Waals surface area contributed by atoms with Gasteiger partial charge in [-0.1, -0.05) is 6.07 Å². The van der Waals surface area contributed by atoms with E-state index in [1.807, 2.05) is 0 Å². The van der Waals surface area contributed by atoms with Gasteiger partial charge in [0.25, 0.3) is 0 Å². The molecule has 11 heavy (non-hydrogen) atoms. The highest BCUT2D eigenvalue weighted by atomic mass is 32.2. The number of rotatable bonds is 1. The fraction of sp³-hybridized carbons (Fsp3) is 0.143. The lowest BCUT2D eigenvalue weighted by atomic mass is 10.4. The Kier molecular flexibility index (Phi) is 1.95. The van der Waals surface area contributed by atoms with Crippen LogP contribution < -0.4 is 0 Å². The number of hydrogen-bond acceptors (Lipinski definition) is 2. The van der Waals surface area contributed by atoms with Crippen molar-refractivity contribution in [2.45, 2.75) is 4.90 Å². The molecule has 0 heterocycles. The van der Waals surface area contributed by atoms with Crippen LogP contribution in [-0.2, 0) is 9.73 Å². The monoisotopic (exact) mass is 173 g/mol. The van der Waals surface area contributed by atoms with Gasteiger partial charge in [0, 0.05) is 11.2 Å².